The summed E-state index contributed by atoms with van der Waals surface area (Å²) in [5.41, 5.74) is 1.76. The fourth-order valence-electron chi connectivity index (χ4n) is 6.39. The number of aliphatic hydroxyl groups is 1. The Labute approximate surface area is 212 Å². The van der Waals surface area contributed by atoms with Crippen LogP contribution in [-0.2, 0) is 14.4 Å². The second-order valence-corrected chi connectivity index (χ2v) is 11.7. The van der Waals surface area contributed by atoms with Crippen LogP contribution in [0.15, 0.2) is 24.3 Å². The summed E-state index contributed by atoms with van der Waals surface area (Å²) in [6.07, 6.45) is 1.51. The minimum atomic E-state index is -0.744. The van der Waals surface area contributed by atoms with Gasteiger partial charge in [-0.1, -0.05) is 13.8 Å². The molecule has 3 heterocycles. The summed E-state index contributed by atoms with van der Waals surface area (Å²) in [6.45, 7) is 9.67. The summed E-state index contributed by atoms with van der Waals surface area (Å²) < 4.78 is -0.660. The number of amides is 3. The van der Waals surface area contributed by atoms with Crippen LogP contribution in [0.4, 0.5) is 11.4 Å². The van der Waals surface area contributed by atoms with Gasteiger partial charge in [0, 0.05) is 36.8 Å². The Bertz CT molecular complexity index is 967. The molecular formula is C26H38N4O4S. The van der Waals surface area contributed by atoms with Gasteiger partial charge in [-0.25, -0.2) is 0 Å². The first kappa shape index (κ1) is 25.8. The number of anilines is 2. The van der Waals surface area contributed by atoms with Crippen molar-refractivity contribution in [1.29, 1.82) is 0 Å². The number of carbonyl (C=O) groups excluding carboxylic acids is 3. The smallest absolute Gasteiger partial charge is 0.248 e. The van der Waals surface area contributed by atoms with Crippen LogP contribution in [0.2, 0.25) is 0 Å². The molecule has 1 spiro atoms. The molecule has 2 bridgehead atoms. The van der Waals surface area contributed by atoms with E-state index < -0.39 is 28.7 Å². The molecule has 3 N–H and O–H groups in total. The molecule has 9 heteroatoms. The Morgan fingerprint density at radius 1 is 1.20 bits per heavy atom. The zero-order valence-electron chi connectivity index (χ0n) is 21.3. The van der Waals surface area contributed by atoms with Gasteiger partial charge in [-0.3, -0.25) is 14.4 Å². The second-order valence-electron chi connectivity index (χ2n) is 10.1. The van der Waals surface area contributed by atoms with Gasteiger partial charge in [0.2, 0.25) is 17.7 Å². The maximum atomic E-state index is 13.9. The molecular weight excluding hydrogens is 464 g/mol. The second kappa shape index (κ2) is 10.0. The molecule has 3 saturated heterocycles. The molecule has 3 amide bonds. The van der Waals surface area contributed by atoms with E-state index in [2.05, 4.69) is 29.4 Å². The van der Waals surface area contributed by atoms with E-state index in [1.807, 2.05) is 38.1 Å². The molecule has 3 aliphatic heterocycles. The van der Waals surface area contributed by atoms with E-state index in [-0.39, 0.29) is 35.5 Å². The van der Waals surface area contributed by atoms with Gasteiger partial charge in [0.25, 0.3) is 0 Å². The first-order chi connectivity index (χ1) is 16.7. The van der Waals surface area contributed by atoms with Crippen molar-refractivity contribution in [3.63, 3.8) is 0 Å². The number of nitrogens with zero attached hydrogens (tertiary/aromatic N) is 2. The van der Waals surface area contributed by atoms with Crippen molar-refractivity contribution < 1.29 is 19.5 Å². The summed E-state index contributed by atoms with van der Waals surface area (Å²) in [5, 5.41) is 16.0. The number of likely N-dealkylation sites (tertiary alicyclic amines) is 1. The average Bonchev–Trinajstić information content (AvgIpc) is 3.48. The first-order valence-electron chi connectivity index (χ1n) is 12.7. The minimum absolute atomic E-state index is 0.0290. The van der Waals surface area contributed by atoms with Gasteiger partial charge < -0.3 is 25.5 Å². The van der Waals surface area contributed by atoms with E-state index >= 15 is 0 Å². The zero-order chi connectivity index (χ0) is 25.5. The third-order valence-electron chi connectivity index (χ3n) is 8.11. The van der Waals surface area contributed by atoms with Crippen LogP contribution in [0.5, 0.6) is 0 Å². The third-order valence-corrected chi connectivity index (χ3v) is 10.1. The zero-order valence-corrected chi connectivity index (χ0v) is 22.1. The Hall–Kier alpha value is -2.26. The van der Waals surface area contributed by atoms with Crippen LogP contribution in [0, 0.1) is 17.8 Å². The topological polar surface area (TPSA) is 102 Å². The van der Waals surface area contributed by atoms with Crippen LogP contribution >= 0.6 is 11.8 Å². The van der Waals surface area contributed by atoms with Crippen LogP contribution < -0.4 is 15.5 Å². The predicted octanol–water partition coefficient (Wildman–Crippen LogP) is 2.33. The number of fused-ring (bicyclic) bond motifs is 1. The van der Waals surface area contributed by atoms with Crippen molar-refractivity contribution in [2.45, 2.75) is 62.6 Å². The number of hydrogen-bond donors (Lipinski definition) is 3. The van der Waals surface area contributed by atoms with Crippen molar-refractivity contribution in [2.75, 3.05) is 37.0 Å². The van der Waals surface area contributed by atoms with E-state index in [1.165, 1.54) is 0 Å². The summed E-state index contributed by atoms with van der Waals surface area (Å²) >= 11 is 1.64. The largest absolute Gasteiger partial charge is 0.394 e. The van der Waals surface area contributed by atoms with Crippen LogP contribution in [-0.4, -0.2) is 76.6 Å². The number of hydrogen-bond acceptors (Lipinski definition) is 6. The summed E-state index contributed by atoms with van der Waals surface area (Å²) in [7, 11) is 1.60. The van der Waals surface area contributed by atoms with Crippen molar-refractivity contribution in [3.05, 3.63) is 24.3 Å². The molecule has 192 valence electrons. The summed E-state index contributed by atoms with van der Waals surface area (Å²) in [4.78, 5) is 44.5. The first-order valence-corrected chi connectivity index (χ1v) is 13.6. The molecule has 0 saturated carbocycles. The van der Waals surface area contributed by atoms with Gasteiger partial charge in [-0.15, -0.1) is 11.8 Å². The van der Waals surface area contributed by atoms with Crippen LogP contribution in [0.3, 0.4) is 0 Å². The monoisotopic (exact) mass is 502 g/mol. The fourth-order valence-corrected chi connectivity index (χ4v) is 8.60. The number of aliphatic hydroxyl groups excluding tert-OH is 1. The fraction of sp³-hybridized carbons (Fsp3) is 0.654. The molecule has 3 aliphatic rings. The van der Waals surface area contributed by atoms with E-state index in [9.17, 15) is 19.5 Å². The Morgan fingerprint density at radius 2 is 1.86 bits per heavy atom. The van der Waals surface area contributed by atoms with E-state index in [4.69, 9.17) is 0 Å². The molecule has 35 heavy (non-hydrogen) atoms. The number of benzene rings is 1. The van der Waals surface area contributed by atoms with Crippen LogP contribution in [0.1, 0.15) is 40.5 Å². The quantitative estimate of drug-likeness (QED) is 0.479. The van der Waals surface area contributed by atoms with Crippen molar-refractivity contribution in [1.82, 2.24) is 10.2 Å². The molecule has 3 fully saturated rings. The normalized spacial score (nSPS) is 29.9. The van der Waals surface area contributed by atoms with Gasteiger partial charge >= 0.3 is 0 Å². The van der Waals surface area contributed by atoms with Gasteiger partial charge in [0.15, 0.2) is 0 Å². The number of thioether (sulfide) groups is 1. The maximum absolute atomic E-state index is 13.9. The third kappa shape index (κ3) is 4.10. The van der Waals surface area contributed by atoms with E-state index in [0.29, 0.717) is 12.1 Å². The van der Waals surface area contributed by atoms with Gasteiger partial charge in [0.1, 0.15) is 6.04 Å². The highest BCUT2D eigenvalue weighted by Crippen LogP contribution is 2.66. The lowest BCUT2D eigenvalue weighted by Gasteiger charge is -2.38. The molecule has 0 aromatic heterocycles. The SMILES string of the molecule is CCN(CC)c1ccc(NC(=O)C2N([C@@H](CO)C(C)C)C(=O)[C@@H]3[C@H](C(=O)NC)[C@@H]4CCC23S4)cc1. The summed E-state index contributed by atoms with van der Waals surface area (Å²) in [5.74, 6) is -1.62. The minimum Gasteiger partial charge on any atom is -0.394 e. The molecule has 8 nitrogen and oxygen atoms in total. The van der Waals surface area contributed by atoms with Crippen molar-refractivity contribution in [2.24, 2.45) is 17.8 Å². The van der Waals surface area contributed by atoms with E-state index in [0.717, 1.165) is 25.2 Å². The number of nitrogens with one attached hydrogen (secondary N) is 2. The predicted molar refractivity (Wildman–Crippen MR) is 139 cm³/mol. The summed E-state index contributed by atoms with van der Waals surface area (Å²) in [6, 6.07) is 6.52. The Balaban J connectivity index is 1.68. The molecule has 0 aliphatic carbocycles. The van der Waals surface area contributed by atoms with Gasteiger partial charge in [-0.2, -0.15) is 0 Å². The highest BCUT2D eigenvalue weighted by molar-refractivity contribution is 8.02. The highest BCUT2D eigenvalue weighted by atomic mass is 32.2. The molecule has 2 unspecified atom stereocenters. The Kier molecular flexibility index (Phi) is 7.38. The number of rotatable bonds is 9. The van der Waals surface area contributed by atoms with E-state index in [1.54, 1.807) is 23.7 Å². The molecule has 0 radical (unpaired) electrons. The lowest BCUT2D eigenvalue weighted by atomic mass is 9.70. The lowest BCUT2D eigenvalue weighted by Crippen LogP contribution is -2.56. The standard InChI is InChI=1S/C26H38N4O4S/c1-6-29(7-2)17-10-8-16(9-11-17)28-24(33)22-26-13-12-19(35-26)20(23(32)27-5)21(26)25(34)30(22)18(14-31)15(3)4/h8-11,15,18-22,31H,6-7,12-14H2,1-5H3,(H,27,32)(H,28,33)/t18-,19-,20+,21-,22?,26?/m0/s1. The molecule has 6 atom stereocenters. The molecule has 1 aromatic carbocycles. The highest BCUT2D eigenvalue weighted by Gasteiger charge is 2.74. The van der Waals surface area contributed by atoms with Crippen molar-refractivity contribution >= 4 is 40.9 Å². The van der Waals surface area contributed by atoms with Crippen molar-refractivity contribution in [3.8, 4) is 0 Å². The molecule has 1 aromatic rings. The average molecular weight is 503 g/mol. The van der Waals surface area contributed by atoms with Gasteiger partial charge in [0.05, 0.1) is 29.2 Å². The van der Waals surface area contributed by atoms with Crippen LogP contribution in [0.25, 0.3) is 0 Å². The number of carbonyl (C=O) groups is 3. The molecule has 4 rings (SSSR count). The lowest BCUT2D eigenvalue weighted by molar-refractivity contribution is -0.142. The Morgan fingerprint density at radius 3 is 2.40 bits per heavy atom. The van der Waals surface area contributed by atoms with Gasteiger partial charge in [-0.05, 0) is 56.9 Å². The maximum Gasteiger partial charge on any atom is 0.248 e.